The Bertz CT molecular complexity index is 578. The van der Waals surface area contributed by atoms with E-state index in [2.05, 4.69) is 10.3 Å². The van der Waals surface area contributed by atoms with E-state index in [-0.39, 0.29) is 42.5 Å². The average molecular weight is 315 g/mol. The van der Waals surface area contributed by atoms with Gasteiger partial charge in [0.25, 0.3) is 0 Å². The number of nitrogens with zero attached hydrogens (tertiary/aromatic N) is 2. The third kappa shape index (κ3) is 3.41. The Balaban J connectivity index is 1.49. The highest BCUT2D eigenvalue weighted by molar-refractivity contribution is 6.05. The van der Waals surface area contributed by atoms with Crippen LogP contribution in [0.25, 0.3) is 0 Å². The third-order valence-electron chi connectivity index (χ3n) is 4.71. The Morgan fingerprint density at radius 2 is 1.91 bits per heavy atom. The summed E-state index contributed by atoms with van der Waals surface area (Å²) in [5.41, 5.74) is 0.917. The first-order valence-electron chi connectivity index (χ1n) is 8.17. The van der Waals surface area contributed by atoms with Crippen LogP contribution in [0.4, 0.5) is 0 Å². The van der Waals surface area contributed by atoms with Crippen molar-refractivity contribution in [2.24, 2.45) is 11.8 Å². The van der Waals surface area contributed by atoms with Crippen molar-refractivity contribution in [2.75, 3.05) is 6.54 Å². The van der Waals surface area contributed by atoms with E-state index in [1.165, 1.54) is 4.90 Å². The topological polar surface area (TPSA) is 79.4 Å². The SMILES string of the molecule is O=C(CCN1C(=O)C2CCCCC2C1=O)NCc1cccnc1. The van der Waals surface area contributed by atoms with E-state index in [4.69, 9.17) is 0 Å². The lowest BCUT2D eigenvalue weighted by atomic mass is 9.81. The molecule has 1 aromatic rings. The second kappa shape index (κ2) is 6.89. The summed E-state index contributed by atoms with van der Waals surface area (Å²) >= 11 is 0. The van der Waals surface area contributed by atoms with Gasteiger partial charge in [-0.15, -0.1) is 0 Å². The minimum atomic E-state index is -0.163. The molecule has 1 N–H and O–H groups in total. The van der Waals surface area contributed by atoms with E-state index in [0.717, 1.165) is 31.2 Å². The third-order valence-corrected chi connectivity index (χ3v) is 4.71. The molecular weight excluding hydrogens is 294 g/mol. The van der Waals surface area contributed by atoms with Gasteiger partial charge in [0.1, 0.15) is 0 Å². The highest BCUT2D eigenvalue weighted by Gasteiger charge is 2.47. The lowest BCUT2D eigenvalue weighted by molar-refractivity contribution is -0.140. The van der Waals surface area contributed by atoms with E-state index < -0.39 is 0 Å². The number of carbonyl (C=O) groups excluding carboxylic acids is 3. The van der Waals surface area contributed by atoms with E-state index in [1.54, 1.807) is 12.4 Å². The number of pyridine rings is 1. The number of nitrogens with one attached hydrogen (secondary N) is 1. The van der Waals surface area contributed by atoms with Crippen molar-refractivity contribution in [3.8, 4) is 0 Å². The molecule has 2 fully saturated rings. The molecule has 1 aliphatic carbocycles. The molecule has 3 amide bonds. The second-order valence-electron chi connectivity index (χ2n) is 6.21. The standard InChI is InChI=1S/C17H21N3O3/c21-15(19-11-12-4-3-8-18-10-12)7-9-20-16(22)13-5-1-2-6-14(13)17(20)23/h3-4,8,10,13-14H,1-2,5-7,9,11H2,(H,19,21). The molecule has 2 unspecified atom stereocenters. The second-order valence-corrected chi connectivity index (χ2v) is 6.21. The molecule has 1 aliphatic heterocycles. The summed E-state index contributed by atoms with van der Waals surface area (Å²) in [6.07, 6.45) is 7.15. The summed E-state index contributed by atoms with van der Waals surface area (Å²) in [7, 11) is 0. The van der Waals surface area contributed by atoms with Crippen LogP contribution in [0.5, 0.6) is 0 Å². The maximum atomic E-state index is 12.3. The van der Waals surface area contributed by atoms with Crippen LogP contribution < -0.4 is 5.32 Å². The van der Waals surface area contributed by atoms with Crippen molar-refractivity contribution >= 4 is 17.7 Å². The fourth-order valence-electron chi connectivity index (χ4n) is 3.46. The number of amides is 3. The molecular formula is C17H21N3O3. The molecule has 2 atom stereocenters. The number of imide groups is 1. The summed E-state index contributed by atoms with van der Waals surface area (Å²) < 4.78 is 0. The predicted octanol–water partition coefficient (Wildman–Crippen LogP) is 1.26. The molecule has 0 spiro atoms. The molecule has 0 bridgehead atoms. The maximum absolute atomic E-state index is 12.3. The van der Waals surface area contributed by atoms with Gasteiger partial charge in [0.05, 0.1) is 11.8 Å². The highest BCUT2D eigenvalue weighted by Crippen LogP contribution is 2.37. The number of hydrogen-bond donors (Lipinski definition) is 1. The average Bonchev–Trinajstić information content (AvgIpc) is 2.83. The maximum Gasteiger partial charge on any atom is 0.233 e. The van der Waals surface area contributed by atoms with Crippen molar-refractivity contribution < 1.29 is 14.4 Å². The summed E-state index contributed by atoms with van der Waals surface area (Å²) in [4.78, 5) is 41.8. The van der Waals surface area contributed by atoms with Crippen LogP contribution in [0, 0.1) is 11.8 Å². The number of likely N-dealkylation sites (tertiary alicyclic amines) is 1. The molecule has 6 nitrogen and oxygen atoms in total. The van der Waals surface area contributed by atoms with Gasteiger partial charge in [-0.25, -0.2) is 0 Å². The van der Waals surface area contributed by atoms with Gasteiger partial charge in [-0.2, -0.15) is 0 Å². The van der Waals surface area contributed by atoms with Gasteiger partial charge in [-0.3, -0.25) is 24.3 Å². The molecule has 3 rings (SSSR count). The lowest BCUT2D eigenvalue weighted by Crippen LogP contribution is -2.35. The Kier molecular flexibility index (Phi) is 4.69. The Hall–Kier alpha value is -2.24. The zero-order valence-corrected chi connectivity index (χ0v) is 13.0. The van der Waals surface area contributed by atoms with E-state index in [1.807, 2.05) is 12.1 Å². The first-order chi connectivity index (χ1) is 11.2. The van der Waals surface area contributed by atoms with Gasteiger partial charge in [0.2, 0.25) is 17.7 Å². The summed E-state index contributed by atoms with van der Waals surface area (Å²) in [6.45, 7) is 0.587. The van der Waals surface area contributed by atoms with Crippen LogP contribution in [-0.2, 0) is 20.9 Å². The van der Waals surface area contributed by atoms with E-state index >= 15 is 0 Å². The zero-order valence-electron chi connectivity index (χ0n) is 13.0. The summed E-state index contributed by atoms with van der Waals surface area (Å²) in [5, 5.41) is 2.79. The van der Waals surface area contributed by atoms with E-state index in [0.29, 0.717) is 6.54 Å². The molecule has 1 saturated heterocycles. The molecule has 1 saturated carbocycles. The first-order valence-corrected chi connectivity index (χ1v) is 8.17. The Morgan fingerprint density at radius 3 is 2.52 bits per heavy atom. The summed E-state index contributed by atoms with van der Waals surface area (Å²) in [5.74, 6) is -0.617. The van der Waals surface area contributed by atoms with Crippen LogP contribution in [0.15, 0.2) is 24.5 Å². The minimum absolute atomic E-state index is 0.0836. The van der Waals surface area contributed by atoms with Gasteiger partial charge < -0.3 is 5.32 Å². The minimum Gasteiger partial charge on any atom is -0.352 e. The molecule has 2 heterocycles. The number of aromatic nitrogens is 1. The van der Waals surface area contributed by atoms with Gasteiger partial charge in [0.15, 0.2) is 0 Å². The van der Waals surface area contributed by atoms with Gasteiger partial charge in [0, 0.05) is 31.9 Å². The molecule has 6 heteroatoms. The Labute approximate surface area is 135 Å². The van der Waals surface area contributed by atoms with Gasteiger partial charge in [-0.05, 0) is 24.5 Å². The molecule has 1 aromatic heterocycles. The molecule has 122 valence electrons. The fraction of sp³-hybridized carbons (Fsp3) is 0.529. The van der Waals surface area contributed by atoms with Crippen molar-refractivity contribution in [1.29, 1.82) is 0 Å². The molecule has 23 heavy (non-hydrogen) atoms. The fourth-order valence-corrected chi connectivity index (χ4v) is 3.46. The van der Waals surface area contributed by atoms with Crippen LogP contribution >= 0.6 is 0 Å². The van der Waals surface area contributed by atoms with Crippen LogP contribution in [0.3, 0.4) is 0 Å². The van der Waals surface area contributed by atoms with E-state index in [9.17, 15) is 14.4 Å². The summed E-state index contributed by atoms with van der Waals surface area (Å²) in [6, 6.07) is 3.69. The smallest absolute Gasteiger partial charge is 0.233 e. The molecule has 2 aliphatic rings. The number of carbonyl (C=O) groups is 3. The van der Waals surface area contributed by atoms with Gasteiger partial charge in [-0.1, -0.05) is 18.9 Å². The van der Waals surface area contributed by atoms with Crippen molar-refractivity contribution in [3.05, 3.63) is 30.1 Å². The molecule has 0 aromatic carbocycles. The van der Waals surface area contributed by atoms with Crippen LogP contribution in [-0.4, -0.2) is 34.2 Å². The predicted molar refractivity (Wildman–Crippen MR) is 82.9 cm³/mol. The quantitative estimate of drug-likeness (QED) is 0.830. The van der Waals surface area contributed by atoms with Crippen molar-refractivity contribution in [2.45, 2.75) is 38.6 Å². The van der Waals surface area contributed by atoms with Crippen molar-refractivity contribution in [3.63, 3.8) is 0 Å². The number of fused-ring (bicyclic) bond motifs is 1. The monoisotopic (exact) mass is 315 g/mol. The first kappa shape index (κ1) is 15.6. The van der Waals surface area contributed by atoms with Crippen molar-refractivity contribution in [1.82, 2.24) is 15.2 Å². The number of rotatable bonds is 5. The zero-order chi connectivity index (χ0) is 16.2. The van der Waals surface area contributed by atoms with Crippen LogP contribution in [0.2, 0.25) is 0 Å². The normalized spacial score (nSPS) is 23.7. The largest absolute Gasteiger partial charge is 0.352 e. The number of hydrogen-bond acceptors (Lipinski definition) is 4. The van der Waals surface area contributed by atoms with Gasteiger partial charge >= 0.3 is 0 Å². The molecule has 0 radical (unpaired) electrons. The van der Waals surface area contributed by atoms with Crippen LogP contribution in [0.1, 0.15) is 37.7 Å². The lowest BCUT2D eigenvalue weighted by Gasteiger charge is -2.19. The Morgan fingerprint density at radius 1 is 1.22 bits per heavy atom. The highest BCUT2D eigenvalue weighted by atomic mass is 16.2.